The van der Waals surface area contributed by atoms with Gasteiger partial charge in [-0.2, -0.15) is 0 Å². The summed E-state index contributed by atoms with van der Waals surface area (Å²) in [6, 6.07) is 0. The Hall–Kier alpha value is -4.31. The third-order valence-electron chi connectivity index (χ3n) is 14.9. The second-order valence-electron chi connectivity index (χ2n) is 23.9. The summed E-state index contributed by atoms with van der Waals surface area (Å²) in [6.45, 7) is 2.31. The first-order chi connectivity index (χ1) is 46.2. The van der Waals surface area contributed by atoms with E-state index in [1.54, 1.807) is 0 Å². The van der Waals surface area contributed by atoms with Gasteiger partial charge in [-0.1, -0.05) is 264 Å². The van der Waals surface area contributed by atoms with Crippen LogP contribution < -0.4 is 0 Å². The lowest BCUT2D eigenvalue weighted by atomic mass is 10.1. The van der Waals surface area contributed by atoms with Crippen molar-refractivity contribution < 1.29 is 75.8 Å². The second-order valence-corrected chi connectivity index (χ2v) is 26.9. The number of carbonyl (C=O) groups is 3. The topological polar surface area (TPSA) is 231 Å². The van der Waals surface area contributed by atoms with Gasteiger partial charge in [0.05, 0.1) is 26.4 Å². The number of phosphoric acid groups is 2. The molecule has 0 aliphatic carbocycles. The summed E-state index contributed by atoms with van der Waals surface area (Å²) in [7, 11) is -9.79. The third kappa shape index (κ3) is 70.8. The van der Waals surface area contributed by atoms with E-state index in [2.05, 4.69) is 154 Å². The largest absolute Gasteiger partial charge is 0.472 e. The molecular formula is C77H130O16P2. The molecule has 0 aromatic rings. The minimum atomic E-state index is -4.94. The highest BCUT2D eigenvalue weighted by Crippen LogP contribution is 2.45. The molecule has 0 saturated heterocycles. The fourth-order valence-electron chi connectivity index (χ4n) is 9.39. The zero-order valence-electron chi connectivity index (χ0n) is 59.0. The van der Waals surface area contributed by atoms with Crippen molar-refractivity contribution in [3.05, 3.63) is 134 Å². The van der Waals surface area contributed by atoms with Crippen LogP contribution in [0.5, 0.6) is 0 Å². The number of unbranched alkanes of at least 4 members (excludes halogenated alkanes) is 23. The van der Waals surface area contributed by atoms with Crippen LogP contribution in [0.4, 0.5) is 0 Å². The average Bonchev–Trinajstić information content (AvgIpc) is 1.77. The van der Waals surface area contributed by atoms with E-state index >= 15 is 0 Å². The number of ether oxygens (including phenoxy) is 3. The van der Waals surface area contributed by atoms with Crippen LogP contribution in [0.1, 0.15) is 278 Å². The van der Waals surface area contributed by atoms with Gasteiger partial charge in [0.25, 0.3) is 0 Å². The molecule has 0 fully saturated rings. The van der Waals surface area contributed by atoms with E-state index in [0.29, 0.717) is 19.3 Å². The predicted molar refractivity (Wildman–Crippen MR) is 390 cm³/mol. The first-order valence-electron chi connectivity index (χ1n) is 36.5. The normalized spacial score (nSPS) is 14.9. The molecule has 0 heterocycles. The Kier molecular flexibility index (Phi) is 66.4. The average molecular weight is 1370 g/mol. The number of aliphatic hydroxyl groups is 2. The quantitative estimate of drug-likeness (QED) is 0.0146. The van der Waals surface area contributed by atoms with Gasteiger partial charge < -0.3 is 34.2 Å². The Balaban J connectivity index is 4.62. The van der Waals surface area contributed by atoms with Crippen LogP contribution in [0.3, 0.4) is 0 Å². The molecule has 0 aliphatic rings. The van der Waals surface area contributed by atoms with Crippen LogP contribution in [0.15, 0.2) is 134 Å². The molecule has 0 aromatic heterocycles. The van der Waals surface area contributed by atoms with Crippen LogP contribution in [0, 0.1) is 0 Å². The molecule has 5 unspecified atom stereocenters. The lowest BCUT2D eigenvalue weighted by Gasteiger charge is -2.21. The van der Waals surface area contributed by atoms with Crippen molar-refractivity contribution in [1.82, 2.24) is 0 Å². The van der Waals surface area contributed by atoms with Crippen molar-refractivity contribution in [2.24, 2.45) is 0 Å². The highest BCUT2D eigenvalue weighted by atomic mass is 31.2. The molecular weight excluding hydrogens is 1240 g/mol. The number of phosphoric ester groups is 2. The van der Waals surface area contributed by atoms with Gasteiger partial charge in [-0.25, -0.2) is 9.13 Å². The van der Waals surface area contributed by atoms with Crippen LogP contribution in [-0.4, -0.2) is 95.9 Å². The highest BCUT2D eigenvalue weighted by Gasteiger charge is 2.29. The summed E-state index contributed by atoms with van der Waals surface area (Å²) in [4.78, 5) is 58.5. The Bertz CT molecular complexity index is 2260. The number of aliphatic hydroxyl groups excluding tert-OH is 2. The molecule has 0 spiro atoms. The molecule has 95 heavy (non-hydrogen) atoms. The van der Waals surface area contributed by atoms with E-state index in [4.69, 9.17) is 32.3 Å². The highest BCUT2D eigenvalue weighted by molar-refractivity contribution is 7.47. The van der Waals surface area contributed by atoms with Crippen molar-refractivity contribution in [3.8, 4) is 0 Å². The number of hydrogen-bond donors (Lipinski definition) is 4. The lowest BCUT2D eigenvalue weighted by Crippen LogP contribution is -2.30. The molecule has 0 saturated carbocycles. The first kappa shape index (κ1) is 90.7. The minimum absolute atomic E-state index is 0.0880. The van der Waals surface area contributed by atoms with Crippen LogP contribution in [-0.2, 0) is 55.8 Å². The molecule has 0 aromatic carbocycles. The maximum Gasteiger partial charge on any atom is 0.472 e. The zero-order chi connectivity index (χ0) is 69.5. The number of rotatable bonds is 68. The van der Waals surface area contributed by atoms with Gasteiger partial charge in [0.15, 0.2) is 6.10 Å². The molecule has 544 valence electrons. The molecule has 0 bridgehead atoms. The van der Waals surface area contributed by atoms with E-state index in [-0.39, 0.29) is 19.3 Å². The molecule has 18 heteroatoms. The fraction of sp³-hybridized carbons (Fsp3) is 0.675. The summed E-state index contributed by atoms with van der Waals surface area (Å²) in [5, 5.41) is 20.6. The summed E-state index contributed by atoms with van der Waals surface area (Å²) >= 11 is 0. The van der Waals surface area contributed by atoms with E-state index in [9.17, 15) is 43.5 Å². The monoisotopic (exact) mass is 1370 g/mol. The molecule has 0 rings (SSSR count). The molecule has 0 radical (unpaired) electrons. The third-order valence-corrected chi connectivity index (χ3v) is 16.8. The second kappa shape index (κ2) is 69.6. The van der Waals surface area contributed by atoms with Gasteiger partial charge in [-0.05, 0) is 128 Å². The number of esters is 3. The SMILES string of the molecule is CC/C=C\C/C=C\C/C=C\C/C=C\C/C=C\CCCCCCCCCCCC(=O)OCC(O)COP(=O)(O)OCC(O)COP(=O)(O)OCC(COC(=O)CCCCCCCCC/C=C\C/C=C\C/C=C\CC)OC(=O)CCCCCCCCC/C=C\C/C=C\C/C=C\CC. The van der Waals surface area contributed by atoms with Gasteiger partial charge in [-0.3, -0.25) is 32.5 Å². The maximum atomic E-state index is 13.0. The summed E-state index contributed by atoms with van der Waals surface area (Å²) < 4.78 is 61.0. The Morgan fingerprint density at radius 3 is 0.832 bits per heavy atom. The van der Waals surface area contributed by atoms with Crippen molar-refractivity contribution in [1.29, 1.82) is 0 Å². The molecule has 0 amide bonds. The Morgan fingerprint density at radius 2 is 0.526 bits per heavy atom. The predicted octanol–water partition coefficient (Wildman–Crippen LogP) is 20.8. The number of carbonyl (C=O) groups excluding carboxylic acids is 3. The minimum Gasteiger partial charge on any atom is -0.463 e. The van der Waals surface area contributed by atoms with Crippen molar-refractivity contribution in [3.63, 3.8) is 0 Å². The summed E-state index contributed by atoms with van der Waals surface area (Å²) in [6.07, 6.45) is 82.1. The van der Waals surface area contributed by atoms with Crippen LogP contribution in [0.2, 0.25) is 0 Å². The standard InChI is InChI=1S/C77H130O16P2/c1-4-7-10-13-16-19-22-25-28-31-32-33-34-35-36-37-38-41-43-45-48-51-54-57-60-63-75(80)87-66-72(78)67-89-94(83,84)90-68-73(79)69-91-95(85,86)92-71-74(93-77(82)65-62-59-56-53-50-47-44-40-30-27-24-21-18-15-12-9-6-3)70-88-76(81)64-61-58-55-52-49-46-42-39-29-26-23-20-17-14-11-8-5-2/h7-12,16-21,25-30,32-33,35-36,72-74,78-79H,4-6,13-15,22-24,31,34,37-71H2,1-3H3,(H,83,84)(H,85,86)/b10-7-,11-8-,12-9-,19-16-,20-17-,21-18-,28-25-,29-26-,30-27-,33-32-,36-35-. The van der Waals surface area contributed by atoms with Crippen LogP contribution in [0.25, 0.3) is 0 Å². The van der Waals surface area contributed by atoms with Gasteiger partial charge in [0.1, 0.15) is 25.4 Å². The van der Waals surface area contributed by atoms with Gasteiger partial charge in [0.2, 0.25) is 0 Å². The van der Waals surface area contributed by atoms with Gasteiger partial charge >= 0.3 is 33.6 Å². The van der Waals surface area contributed by atoms with E-state index < -0.39 is 91.5 Å². The molecule has 16 nitrogen and oxygen atoms in total. The maximum absolute atomic E-state index is 13.0. The summed E-state index contributed by atoms with van der Waals surface area (Å²) in [5.41, 5.74) is 0. The molecule has 4 N–H and O–H groups in total. The van der Waals surface area contributed by atoms with E-state index in [1.807, 2.05) is 0 Å². The van der Waals surface area contributed by atoms with E-state index in [1.165, 1.54) is 25.7 Å². The zero-order valence-corrected chi connectivity index (χ0v) is 60.8. The van der Waals surface area contributed by atoms with Gasteiger partial charge in [-0.15, -0.1) is 0 Å². The van der Waals surface area contributed by atoms with Crippen molar-refractivity contribution in [2.45, 2.75) is 296 Å². The molecule has 5 atom stereocenters. The fourth-order valence-corrected chi connectivity index (χ4v) is 11.0. The van der Waals surface area contributed by atoms with Crippen molar-refractivity contribution in [2.75, 3.05) is 39.6 Å². The van der Waals surface area contributed by atoms with E-state index in [0.717, 1.165) is 193 Å². The Labute approximate surface area is 575 Å². The van der Waals surface area contributed by atoms with Crippen molar-refractivity contribution >= 4 is 33.6 Å². The smallest absolute Gasteiger partial charge is 0.463 e. The van der Waals surface area contributed by atoms with Gasteiger partial charge in [0, 0.05) is 19.3 Å². The summed E-state index contributed by atoms with van der Waals surface area (Å²) in [5.74, 6) is -1.60. The first-order valence-corrected chi connectivity index (χ1v) is 39.5. The Morgan fingerprint density at radius 1 is 0.295 bits per heavy atom. The lowest BCUT2D eigenvalue weighted by molar-refractivity contribution is -0.161. The number of hydrogen-bond acceptors (Lipinski definition) is 14. The van der Waals surface area contributed by atoms with Crippen LogP contribution >= 0.6 is 15.6 Å². The number of allylic oxidation sites excluding steroid dienone is 22. The molecule has 0 aliphatic heterocycles.